The Morgan fingerprint density at radius 3 is 1.27 bits per heavy atom. The fourth-order valence-electron chi connectivity index (χ4n) is 18.2. The van der Waals surface area contributed by atoms with Gasteiger partial charge in [0.05, 0.1) is 76.1 Å². The molecule has 1 amide bonds. The van der Waals surface area contributed by atoms with Crippen molar-refractivity contribution < 1.29 is 48.9 Å². The van der Waals surface area contributed by atoms with Crippen LogP contribution in [0.2, 0.25) is 0 Å². The van der Waals surface area contributed by atoms with E-state index in [2.05, 4.69) is 78.1 Å². The summed E-state index contributed by atoms with van der Waals surface area (Å²) in [4.78, 5) is 63.2. The number of phenolic OH excluding ortho intramolecular Hbond substituents is 3. The number of carbonyl (C=O) groups is 1. The van der Waals surface area contributed by atoms with Crippen LogP contribution in [0.4, 0.5) is 46.5 Å². The molecule has 8 aromatic carbocycles. The lowest BCUT2D eigenvalue weighted by molar-refractivity contribution is 0.0962. The molecule has 0 radical (unpaired) electrons. The summed E-state index contributed by atoms with van der Waals surface area (Å²) in [5, 5.41) is 79.4. The van der Waals surface area contributed by atoms with Gasteiger partial charge in [-0.15, -0.1) is 0 Å². The Hall–Kier alpha value is -16.3. The number of phenols is 3. The van der Waals surface area contributed by atoms with Gasteiger partial charge in [-0.2, -0.15) is 55.2 Å². The van der Waals surface area contributed by atoms with E-state index < -0.39 is 0 Å². The SMILES string of the molecule is CNC(=O)c1ccc(Nc2nc(OC3CCCC3)c3c(-c4ccc(CO)cc4)c[nH]c3n2)c(OC)c1.Cc1c(Nc2nc(OC3CCCC3)c3c(-c4ccc(O)cc4)c[nH]c3n2)ccc2[nH]ncc12.Cc1cc2[nH]ncc2cc1Nc1nc(OC2CCCC2)c2c(-c3ccc(O)cc3)c[nH]c2n1.Cn1ncc2cc(Nc3nc(OC4CCCC4)c4c(-c5ccc(O)cc5)c[nH]c4n3)ccc21. The summed E-state index contributed by atoms with van der Waals surface area (Å²) in [5.74, 6) is 4.98. The number of aliphatic hydroxyl groups excluding tert-OH is 1. The molecule has 15 N–H and O–H groups in total. The number of rotatable bonds is 23. The maximum absolute atomic E-state index is 12.0. The van der Waals surface area contributed by atoms with Gasteiger partial charge in [0.15, 0.2) is 0 Å². The molecule has 23 rings (SSSR count). The first-order valence-corrected chi connectivity index (χ1v) is 45.6. The normalized spacial score (nSPS) is 14.1. The van der Waals surface area contributed by atoms with E-state index in [1.165, 1.54) is 38.5 Å². The molecule has 0 bridgehead atoms. The maximum Gasteiger partial charge on any atom is 0.251 e. The molecule has 0 saturated heterocycles. The van der Waals surface area contributed by atoms with Gasteiger partial charge in [0.25, 0.3) is 5.91 Å². The van der Waals surface area contributed by atoms with Crippen molar-refractivity contribution in [3.05, 3.63) is 223 Å². The van der Waals surface area contributed by atoms with Crippen LogP contribution >= 0.6 is 0 Å². The number of hydrogen-bond donors (Lipinski definition) is 15. The highest BCUT2D eigenvalue weighted by Crippen LogP contribution is 2.45. The molecule has 0 atom stereocenters. The number of anilines is 8. The number of hydrogen-bond acceptors (Lipinski definition) is 25. The van der Waals surface area contributed by atoms with E-state index in [0.29, 0.717) is 86.9 Å². The molecule has 33 nitrogen and oxygen atoms in total. The number of aryl methyl sites for hydroxylation is 3. The van der Waals surface area contributed by atoms with Crippen LogP contribution in [0.1, 0.15) is 130 Å². The largest absolute Gasteiger partial charge is 0.508 e. The number of aromatic hydroxyl groups is 3. The number of amides is 1. The summed E-state index contributed by atoms with van der Waals surface area (Å²) in [5.41, 5.74) is 20.2. The monoisotopic (exact) mass is 1810 g/mol. The number of aromatic nitrogens is 18. The average Bonchev–Trinajstić information content (AvgIpc) is 1.65. The van der Waals surface area contributed by atoms with Crippen LogP contribution in [0.3, 0.4) is 0 Å². The van der Waals surface area contributed by atoms with E-state index in [0.717, 1.165) is 197 Å². The van der Waals surface area contributed by atoms with Crippen LogP contribution in [-0.4, -0.2) is 155 Å². The summed E-state index contributed by atoms with van der Waals surface area (Å²) in [6, 6.07) is 48.4. The summed E-state index contributed by atoms with van der Waals surface area (Å²) in [6.07, 6.45) is 31.2. The summed E-state index contributed by atoms with van der Waals surface area (Å²) < 4.78 is 33.0. The third-order valence-corrected chi connectivity index (χ3v) is 25.4. The summed E-state index contributed by atoms with van der Waals surface area (Å²) in [7, 11) is 5.06. The molecule has 4 saturated carbocycles. The van der Waals surface area contributed by atoms with E-state index in [1.54, 1.807) is 75.0 Å². The molecular weight excluding hydrogens is 1710 g/mol. The number of aliphatic hydroxyl groups is 1. The Labute approximate surface area is 773 Å². The molecule has 4 aliphatic carbocycles. The first-order chi connectivity index (χ1) is 66.0. The van der Waals surface area contributed by atoms with Crippen LogP contribution in [0.15, 0.2) is 201 Å². The number of benzene rings is 8. The van der Waals surface area contributed by atoms with Crippen molar-refractivity contribution in [1.82, 2.24) is 95.3 Å². The zero-order chi connectivity index (χ0) is 92.2. The number of H-pyrrole nitrogens is 6. The molecule has 11 aromatic heterocycles. The molecule has 684 valence electrons. The molecule has 4 fully saturated rings. The smallest absolute Gasteiger partial charge is 0.251 e. The molecule has 19 aromatic rings. The highest BCUT2D eigenvalue weighted by atomic mass is 16.5. The van der Waals surface area contributed by atoms with Crippen molar-refractivity contribution in [1.29, 1.82) is 0 Å². The van der Waals surface area contributed by atoms with Crippen LogP contribution in [0.25, 0.3) is 121 Å². The molecule has 135 heavy (non-hydrogen) atoms. The van der Waals surface area contributed by atoms with E-state index >= 15 is 0 Å². The van der Waals surface area contributed by atoms with Crippen molar-refractivity contribution >= 4 is 129 Å². The van der Waals surface area contributed by atoms with Gasteiger partial charge < -0.3 is 90.6 Å². The second-order valence-electron chi connectivity index (χ2n) is 34.4. The standard InChI is InChI=1S/C27H29N5O4.3C25H24N6O2/c1-28-25(34)18-11-12-21(22(13-18)35-2)30-27-31-24-23(26(32-27)36-19-5-3-4-6-19)20(14-29-24)17-9-7-16(15-33)8-10-17;1-31-21-11-8-17(12-16(21)13-27-31)28-25-29-23-22(24(30-25)33-19-4-2-3-5-19)20(14-26-23)15-6-9-18(32)10-7-15;1-14-10-21-16(12-27-31-21)11-20(14)28-25-29-23-22(24(30-25)33-18-4-2-3-5-18)19(13-26-23)15-6-8-17(32)9-7-15;1-14-18-13-27-31-21(18)11-10-20(14)28-25-29-23-22(24(30-25)33-17-4-2-3-5-17)19(12-26-23)15-6-8-16(32)9-7-15/h7-14,19,33H,3-6,15H2,1-2H3,(H,28,34)(H2,29,30,31,32);6-14,19,32H,2-5H2,1H3,(H2,26,28,29,30);6-13,18,32H,2-5H2,1H3,(H,27,31)(H2,26,28,29,30);6-13,17,32H,2-5H2,1H3,(H,27,31)(H2,26,28,29,30). The van der Waals surface area contributed by atoms with Crippen molar-refractivity contribution in [2.75, 3.05) is 35.4 Å². The Morgan fingerprint density at radius 1 is 0.430 bits per heavy atom. The number of fused-ring (bicyclic) bond motifs is 7. The van der Waals surface area contributed by atoms with Gasteiger partial charge in [-0.1, -0.05) is 60.7 Å². The Bertz CT molecular complexity index is 7340. The van der Waals surface area contributed by atoms with Crippen molar-refractivity contribution in [2.24, 2.45) is 7.05 Å². The Balaban J connectivity index is 0.000000112. The van der Waals surface area contributed by atoms with Gasteiger partial charge in [0, 0.05) is 99.9 Å². The fourth-order valence-corrected chi connectivity index (χ4v) is 18.2. The maximum atomic E-state index is 12.0. The number of nitrogens with one attached hydrogen (secondary N) is 11. The van der Waals surface area contributed by atoms with E-state index in [9.17, 15) is 25.2 Å². The van der Waals surface area contributed by atoms with Gasteiger partial charge in [-0.25, -0.2) is 0 Å². The second kappa shape index (κ2) is 38.2. The molecular formula is C102H101N23O10. The molecule has 4 aliphatic rings. The van der Waals surface area contributed by atoms with Gasteiger partial charge in [-0.05, 0) is 253 Å². The lowest BCUT2D eigenvalue weighted by atomic mass is 10.0. The highest BCUT2D eigenvalue weighted by molar-refractivity contribution is 6.02. The van der Waals surface area contributed by atoms with Crippen LogP contribution in [-0.2, 0) is 13.7 Å². The third kappa shape index (κ3) is 18.8. The summed E-state index contributed by atoms with van der Waals surface area (Å²) >= 11 is 0. The van der Waals surface area contributed by atoms with Crippen LogP contribution < -0.4 is 50.3 Å². The first kappa shape index (κ1) is 86.7. The van der Waals surface area contributed by atoms with Crippen molar-refractivity contribution in [3.63, 3.8) is 0 Å². The van der Waals surface area contributed by atoms with E-state index in [1.807, 2.05) is 160 Å². The Kier molecular flexibility index (Phi) is 24.6. The zero-order valence-electron chi connectivity index (χ0n) is 75.0. The number of nitrogens with zero attached hydrogens (tertiary/aromatic N) is 12. The summed E-state index contributed by atoms with van der Waals surface area (Å²) in [6.45, 7) is 4.08. The third-order valence-electron chi connectivity index (χ3n) is 25.4. The minimum Gasteiger partial charge on any atom is -0.508 e. The molecule has 0 aliphatic heterocycles. The molecule has 0 unspecified atom stereocenters. The average molecular weight is 1810 g/mol. The molecule has 0 spiro atoms. The number of methoxy groups -OCH3 is 1. The lowest BCUT2D eigenvalue weighted by Crippen LogP contribution is -2.17. The minimum absolute atomic E-state index is 0.00406. The first-order valence-electron chi connectivity index (χ1n) is 45.6. The predicted molar refractivity (Wildman–Crippen MR) is 522 cm³/mol. The Morgan fingerprint density at radius 2 is 0.837 bits per heavy atom. The molecule has 33 heteroatoms. The van der Waals surface area contributed by atoms with Crippen LogP contribution in [0.5, 0.6) is 46.5 Å². The fraction of sp³-hybridized carbons (Fsp3) is 0.255. The quantitative estimate of drug-likeness (QED) is 0.0283. The van der Waals surface area contributed by atoms with Gasteiger partial charge in [-0.3, -0.25) is 19.7 Å². The van der Waals surface area contributed by atoms with E-state index in [4.69, 9.17) is 63.6 Å². The second-order valence-corrected chi connectivity index (χ2v) is 34.4. The number of carbonyl (C=O) groups excluding carboxylic acids is 1. The van der Waals surface area contributed by atoms with Crippen LogP contribution in [0, 0.1) is 13.8 Å². The lowest BCUT2D eigenvalue weighted by Gasteiger charge is -2.16. The number of aromatic amines is 6. The highest BCUT2D eigenvalue weighted by Gasteiger charge is 2.30. The van der Waals surface area contributed by atoms with Crippen molar-refractivity contribution in [3.8, 4) is 91.0 Å². The van der Waals surface area contributed by atoms with E-state index in [-0.39, 0.29) is 54.2 Å². The van der Waals surface area contributed by atoms with Crippen molar-refractivity contribution in [2.45, 2.75) is 148 Å². The topological polar surface area (TPSA) is 446 Å². The van der Waals surface area contributed by atoms with Gasteiger partial charge in [0.1, 0.15) is 70.0 Å². The predicted octanol–water partition coefficient (Wildman–Crippen LogP) is 21.0. The minimum atomic E-state index is -0.198. The van der Waals surface area contributed by atoms with Gasteiger partial charge >= 0.3 is 0 Å². The number of ether oxygens (including phenoxy) is 5. The van der Waals surface area contributed by atoms with Gasteiger partial charge in [0.2, 0.25) is 47.3 Å². The zero-order valence-corrected chi connectivity index (χ0v) is 75.0. The molecule has 11 heterocycles.